The quantitative estimate of drug-likeness (QED) is 0.709. The Morgan fingerprint density at radius 2 is 1.86 bits per heavy atom. The Bertz CT molecular complexity index is 973. The molecule has 0 aliphatic rings. The maximum absolute atomic E-state index is 13.1. The number of carbonyl (C=O) groups excluding carboxylic acids is 1. The molecular weight excluding hydrogens is 388 g/mol. The third-order valence-electron chi connectivity index (χ3n) is 4.89. The summed E-state index contributed by atoms with van der Waals surface area (Å²) in [7, 11) is -2.18. The molecule has 0 aliphatic carbocycles. The van der Waals surface area contributed by atoms with Crippen molar-refractivity contribution in [1.82, 2.24) is 5.32 Å². The minimum absolute atomic E-state index is 0.246. The Hall–Kier alpha value is -2.54. The summed E-state index contributed by atoms with van der Waals surface area (Å²) in [6, 6.07) is 11.7. The lowest BCUT2D eigenvalue weighted by Crippen LogP contribution is -2.49. The van der Waals surface area contributed by atoms with Gasteiger partial charge in [-0.15, -0.1) is 0 Å². The Kier molecular flexibility index (Phi) is 7.30. The molecule has 0 aromatic heterocycles. The van der Waals surface area contributed by atoms with E-state index < -0.39 is 16.1 Å². The van der Waals surface area contributed by atoms with Crippen molar-refractivity contribution in [2.24, 2.45) is 0 Å². The van der Waals surface area contributed by atoms with Crippen LogP contribution in [0.2, 0.25) is 0 Å². The van der Waals surface area contributed by atoms with Crippen molar-refractivity contribution in [3.05, 3.63) is 59.2 Å². The van der Waals surface area contributed by atoms with E-state index in [0.717, 1.165) is 22.9 Å². The van der Waals surface area contributed by atoms with E-state index in [0.29, 0.717) is 17.9 Å². The van der Waals surface area contributed by atoms with Gasteiger partial charge in [-0.1, -0.05) is 36.8 Å². The van der Waals surface area contributed by atoms with E-state index in [-0.39, 0.29) is 11.9 Å². The molecule has 0 saturated heterocycles. The standard InChI is InChI=1S/C22H30N2O4S/c1-7-21(22(25)23-17(4)20-12-11-15(2)13-16(20)3)24(29(6,26)27)18-9-8-10-19(14-18)28-5/h8-14,17,21H,7H2,1-6H3,(H,23,25). The summed E-state index contributed by atoms with van der Waals surface area (Å²) < 4.78 is 31.6. The maximum Gasteiger partial charge on any atom is 0.244 e. The molecule has 0 aliphatic heterocycles. The molecule has 0 spiro atoms. The van der Waals surface area contributed by atoms with Crippen molar-refractivity contribution in [2.75, 3.05) is 17.7 Å². The van der Waals surface area contributed by atoms with Gasteiger partial charge in [0.15, 0.2) is 0 Å². The minimum atomic E-state index is -3.70. The molecule has 1 N–H and O–H groups in total. The summed E-state index contributed by atoms with van der Waals surface area (Å²) in [5.41, 5.74) is 3.63. The zero-order chi connectivity index (χ0) is 21.8. The fourth-order valence-corrected chi connectivity index (χ4v) is 4.71. The van der Waals surface area contributed by atoms with Gasteiger partial charge < -0.3 is 10.1 Å². The molecule has 6 nitrogen and oxygen atoms in total. The first-order chi connectivity index (χ1) is 13.6. The number of hydrogen-bond acceptors (Lipinski definition) is 4. The summed E-state index contributed by atoms with van der Waals surface area (Å²) >= 11 is 0. The van der Waals surface area contributed by atoms with Crippen molar-refractivity contribution in [1.29, 1.82) is 0 Å². The number of sulfonamides is 1. The van der Waals surface area contributed by atoms with Gasteiger partial charge in [0.2, 0.25) is 15.9 Å². The summed E-state index contributed by atoms with van der Waals surface area (Å²) in [6.07, 6.45) is 1.44. The van der Waals surface area contributed by atoms with Gasteiger partial charge in [0.25, 0.3) is 0 Å². The number of nitrogens with one attached hydrogen (secondary N) is 1. The number of methoxy groups -OCH3 is 1. The topological polar surface area (TPSA) is 75.7 Å². The van der Waals surface area contributed by atoms with E-state index in [1.807, 2.05) is 32.9 Å². The number of anilines is 1. The lowest BCUT2D eigenvalue weighted by Gasteiger charge is -2.31. The van der Waals surface area contributed by atoms with Gasteiger partial charge in [-0.25, -0.2) is 8.42 Å². The van der Waals surface area contributed by atoms with Crippen LogP contribution in [0.25, 0.3) is 0 Å². The lowest BCUT2D eigenvalue weighted by molar-refractivity contribution is -0.122. The van der Waals surface area contributed by atoms with E-state index >= 15 is 0 Å². The van der Waals surface area contributed by atoms with Gasteiger partial charge in [0.05, 0.1) is 25.1 Å². The molecule has 2 aromatic carbocycles. The lowest BCUT2D eigenvalue weighted by atomic mass is 10.00. The monoisotopic (exact) mass is 418 g/mol. The fraction of sp³-hybridized carbons (Fsp3) is 0.409. The van der Waals surface area contributed by atoms with Gasteiger partial charge >= 0.3 is 0 Å². The maximum atomic E-state index is 13.1. The van der Waals surface area contributed by atoms with Crippen molar-refractivity contribution in [3.63, 3.8) is 0 Å². The summed E-state index contributed by atoms with van der Waals surface area (Å²) in [5.74, 6) is 0.184. The van der Waals surface area contributed by atoms with E-state index in [9.17, 15) is 13.2 Å². The number of nitrogens with zero attached hydrogens (tertiary/aromatic N) is 1. The van der Waals surface area contributed by atoms with Crippen LogP contribution in [0.1, 0.15) is 43.0 Å². The largest absolute Gasteiger partial charge is 0.497 e. The molecule has 2 rings (SSSR count). The Morgan fingerprint density at radius 1 is 1.17 bits per heavy atom. The molecule has 29 heavy (non-hydrogen) atoms. The van der Waals surface area contributed by atoms with Crippen LogP contribution in [-0.2, 0) is 14.8 Å². The van der Waals surface area contributed by atoms with Crippen LogP contribution in [-0.4, -0.2) is 33.7 Å². The van der Waals surface area contributed by atoms with Crippen LogP contribution in [0.5, 0.6) is 5.75 Å². The molecule has 1 amide bonds. The number of hydrogen-bond donors (Lipinski definition) is 1. The van der Waals surface area contributed by atoms with E-state index in [1.54, 1.807) is 31.2 Å². The normalized spacial score (nSPS) is 13.4. The molecule has 0 fully saturated rings. The van der Waals surface area contributed by atoms with Crippen molar-refractivity contribution in [3.8, 4) is 5.75 Å². The highest BCUT2D eigenvalue weighted by molar-refractivity contribution is 7.92. The number of rotatable bonds is 8. The Balaban J connectivity index is 2.35. The highest BCUT2D eigenvalue weighted by atomic mass is 32.2. The van der Waals surface area contributed by atoms with Crippen LogP contribution in [0.15, 0.2) is 42.5 Å². The molecule has 0 heterocycles. The van der Waals surface area contributed by atoms with E-state index in [1.165, 1.54) is 11.4 Å². The number of benzene rings is 2. The van der Waals surface area contributed by atoms with Crippen molar-refractivity contribution >= 4 is 21.6 Å². The van der Waals surface area contributed by atoms with Crippen LogP contribution in [0, 0.1) is 13.8 Å². The molecule has 0 radical (unpaired) electrons. The summed E-state index contributed by atoms with van der Waals surface area (Å²) in [4.78, 5) is 13.1. The van der Waals surface area contributed by atoms with Crippen molar-refractivity contribution < 1.29 is 17.9 Å². The molecule has 0 bridgehead atoms. The number of amides is 1. The number of aryl methyl sites for hydroxylation is 2. The van der Waals surface area contributed by atoms with Crippen LogP contribution < -0.4 is 14.4 Å². The van der Waals surface area contributed by atoms with Gasteiger partial charge in [0.1, 0.15) is 11.8 Å². The van der Waals surface area contributed by atoms with Gasteiger partial charge in [0, 0.05) is 6.07 Å². The Labute approximate surface area is 173 Å². The van der Waals surface area contributed by atoms with Gasteiger partial charge in [-0.05, 0) is 50.5 Å². The average Bonchev–Trinajstić information content (AvgIpc) is 2.64. The summed E-state index contributed by atoms with van der Waals surface area (Å²) in [5, 5.41) is 2.98. The first kappa shape index (κ1) is 22.7. The smallest absolute Gasteiger partial charge is 0.244 e. The second kappa shape index (κ2) is 9.31. The molecule has 158 valence electrons. The molecule has 0 saturated carbocycles. The fourth-order valence-electron chi connectivity index (χ4n) is 3.51. The third-order valence-corrected chi connectivity index (χ3v) is 6.07. The van der Waals surface area contributed by atoms with E-state index in [4.69, 9.17) is 4.74 Å². The minimum Gasteiger partial charge on any atom is -0.497 e. The zero-order valence-electron chi connectivity index (χ0n) is 17.9. The first-order valence-corrected chi connectivity index (χ1v) is 11.4. The third kappa shape index (κ3) is 5.50. The highest BCUT2D eigenvalue weighted by Crippen LogP contribution is 2.27. The SMILES string of the molecule is CCC(C(=O)NC(C)c1ccc(C)cc1C)N(c1cccc(OC)c1)S(C)(=O)=O. The van der Waals surface area contributed by atoms with Crippen LogP contribution in [0.3, 0.4) is 0 Å². The second-order valence-corrected chi connectivity index (χ2v) is 9.13. The van der Waals surface area contributed by atoms with E-state index in [2.05, 4.69) is 11.4 Å². The zero-order valence-corrected chi connectivity index (χ0v) is 18.7. The number of carbonyl (C=O) groups is 1. The molecule has 2 atom stereocenters. The highest BCUT2D eigenvalue weighted by Gasteiger charge is 2.32. The first-order valence-electron chi connectivity index (χ1n) is 9.59. The predicted molar refractivity (Wildman–Crippen MR) is 117 cm³/mol. The second-order valence-electron chi connectivity index (χ2n) is 7.27. The van der Waals surface area contributed by atoms with Crippen LogP contribution in [0.4, 0.5) is 5.69 Å². The molecule has 2 unspecified atom stereocenters. The van der Waals surface area contributed by atoms with Gasteiger partial charge in [-0.2, -0.15) is 0 Å². The van der Waals surface area contributed by atoms with Crippen molar-refractivity contribution in [2.45, 2.75) is 46.2 Å². The molecular formula is C22H30N2O4S. The predicted octanol–water partition coefficient (Wildman–Crippen LogP) is 3.73. The Morgan fingerprint density at radius 3 is 2.41 bits per heavy atom. The average molecular weight is 419 g/mol. The van der Waals surface area contributed by atoms with Gasteiger partial charge in [-0.3, -0.25) is 9.10 Å². The summed E-state index contributed by atoms with van der Waals surface area (Å²) in [6.45, 7) is 7.72. The van der Waals surface area contributed by atoms with Crippen LogP contribution >= 0.6 is 0 Å². The molecule has 7 heteroatoms. The molecule has 2 aromatic rings. The number of ether oxygens (including phenoxy) is 1.